The van der Waals surface area contributed by atoms with Gasteiger partial charge in [-0.15, -0.1) is 6.58 Å². The van der Waals surface area contributed by atoms with Gasteiger partial charge in [0.2, 0.25) is 0 Å². The van der Waals surface area contributed by atoms with E-state index in [1.54, 1.807) is 5.57 Å². The minimum absolute atomic E-state index is 0.318. The molecule has 9 atom stereocenters. The molecule has 0 heterocycles. The molecule has 4 rings (SSSR count). The van der Waals surface area contributed by atoms with Crippen LogP contribution >= 0.6 is 0 Å². The second kappa shape index (κ2) is 8.56. The van der Waals surface area contributed by atoms with Crippen molar-refractivity contribution in [3.8, 4) is 0 Å². The Labute approximate surface area is 198 Å². The fourth-order valence-corrected chi connectivity index (χ4v) is 9.17. The van der Waals surface area contributed by atoms with E-state index in [2.05, 4.69) is 40.3 Å². The SMILES string of the molecule is C=CCC(O)(CC)CCC(C)C1CC[C@H]2[C@@H]3CC=C4C[C@@](C)(O)CC[C@]4(C)[C@H]3CC[C@]12C. The molecule has 0 aromatic rings. The molecule has 0 amide bonds. The predicted molar refractivity (Wildman–Crippen MR) is 134 cm³/mol. The van der Waals surface area contributed by atoms with Crippen molar-refractivity contribution < 1.29 is 10.2 Å². The van der Waals surface area contributed by atoms with Gasteiger partial charge in [0, 0.05) is 0 Å². The number of fused-ring (bicyclic) bond motifs is 5. The van der Waals surface area contributed by atoms with Crippen molar-refractivity contribution in [2.75, 3.05) is 0 Å². The third-order valence-electron chi connectivity index (χ3n) is 11.4. The van der Waals surface area contributed by atoms with Gasteiger partial charge in [0.1, 0.15) is 0 Å². The van der Waals surface area contributed by atoms with Crippen LogP contribution in [0, 0.1) is 40.4 Å². The minimum atomic E-state index is -0.562. The fraction of sp³-hybridized carbons (Fsp3) is 0.867. The van der Waals surface area contributed by atoms with E-state index in [-0.39, 0.29) is 0 Å². The lowest BCUT2D eigenvalue weighted by molar-refractivity contribution is -0.0717. The van der Waals surface area contributed by atoms with Gasteiger partial charge in [-0.2, -0.15) is 0 Å². The standard InChI is InChI=1S/C30H50O2/c1-7-15-30(32,8-2)17-13-21(3)24-11-12-25-23-10-9-22-20-27(4,31)18-19-28(22,5)26(23)14-16-29(24,25)6/h7,9,21,23-26,31-32H,1,8,10-20H2,2-6H3/t21?,23-,24?,25-,26-,27-,28-,29+,30?/m0/s1. The van der Waals surface area contributed by atoms with Gasteiger partial charge in [-0.05, 0) is 124 Å². The average Bonchev–Trinajstić information content (AvgIpc) is 3.10. The lowest BCUT2D eigenvalue weighted by Gasteiger charge is -2.59. The maximum atomic E-state index is 10.9. The van der Waals surface area contributed by atoms with Crippen LogP contribution in [0.25, 0.3) is 0 Å². The molecular formula is C30H50O2. The van der Waals surface area contributed by atoms with E-state index in [9.17, 15) is 10.2 Å². The highest BCUT2D eigenvalue weighted by Crippen LogP contribution is 2.67. The quantitative estimate of drug-likeness (QED) is 0.402. The summed E-state index contributed by atoms with van der Waals surface area (Å²) in [4.78, 5) is 0. The van der Waals surface area contributed by atoms with Crippen LogP contribution in [0.2, 0.25) is 0 Å². The number of hydrogen-bond donors (Lipinski definition) is 2. The van der Waals surface area contributed by atoms with Crippen molar-refractivity contribution in [3.05, 3.63) is 24.3 Å². The van der Waals surface area contributed by atoms with Crippen molar-refractivity contribution in [2.45, 2.75) is 123 Å². The van der Waals surface area contributed by atoms with Gasteiger partial charge in [0.05, 0.1) is 11.2 Å². The molecule has 0 spiro atoms. The fourth-order valence-electron chi connectivity index (χ4n) is 9.17. The summed E-state index contributed by atoms with van der Waals surface area (Å²) in [5.74, 6) is 3.96. The molecule has 3 unspecified atom stereocenters. The molecule has 2 heteroatoms. The monoisotopic (exact) mass is 442 g/mol. The maximum Gasteiger partial charge on any atom is 0.0679 e. The Morgan fingerprint density at radius 1 is 1.16 bits per heavy atom. The van der Waals surface area contributed by atoms with Crippen LogP contribution < -0.4 is 0 Å². The molecule has 4 aliphatic carbocycles. The van der Waals surface area contributed by atoms with E-state index in [4.69, 9.17) is 0 Å². The molecule has 0 radical (unpaired) electrons. The van der Waals surface area contributed by atoms with Crippen LogP contribution in [0.3, 0.4) is 0 Å². The molecule has 32 heavy (non-hydrogen) atoms. The highest BCUT2D eigenvalue weighted by molar-refractivity contribution is 5.26. The molecule has 0 aromatic heterocycles. The van der Waals surface area contributed by atoms with Gasteiger partial charge >= 0.3 is 0 Å². The summed E-state index contributed by atoms with van der Waals surface area (Å²) < 4.78 is 0. The summed E-state index contributed by atoms with van der Waals surface area (Å²) in [6.07, 6.45) is 17.8. The molecule has 0 aliphatic heterocycles. The first-order chi connectivity index (χ1) is 15.0. The highest BCUT2D eigenvalue weighted by atomic mass is 16.3. The van der Waals surface area contributed by atoms with Crippen molar-refractivity contribution in [3.63, 3.8) is 0 Å². The zero-order chi connectivity index (χ0) is 23.4. The maximum absolute atomic E-state index is 10.9. The molecular weight excluding hydrogens is 392 g/mol. The van der Waals surface area contributed by atoms with Crippen molar-refractivity contribution >= 4 is 0 Å². The second-order valence-electron chi connectivity index (χ2n) is 13.2. The first kappa shape index (κ1) is 24.5. The minimum Gasteiger partial charge on any atom is -0.390 e. The van der Waals surface area contributed by atoms with E-state index in [1.807, 2.05) is 13.0 Å². The van der Waals surface area contributed by atoms with E-state index in [1.165, 1.54) is 32.1 Å². The van der Waals surface area contributed by atoms with Gasteiger partial charge in [-0.1, -0.05) is 45.4 Å². The molecule has 4 aliphatic rings. The molecule has 182 valence electrons. The largest absolute Gasteiger partial charge is 0.390 e. The molecule has 0 bridgehead atoms. The van der Waals surface area contributed by atoms with Gasteiger partial charge in [-0.25, -0.2) is 0 Å². The van der Waals surface area contributed by atoms with Gasteiger partial charge < -0.3 is 10.2 Å². The topological polar surface area (TPSA) is 40.5 Å². The van der Waals surface area contributed by atoms with E-state index in [0.29, 0.717) is 23.2 Å². The Kier molecular flexibility index (Phi) is 6.56. The van der Waals surface area contributed by atoms with Crippen LogP contribution in [-0.4, -0.2) is 21.4 Å². The molecule has 0 saturated heterocycles. The predicted octanol–water partition coefficient (Wildman–Crippen LogP) is 7.45. The zero-order valence-electron chi connectivity index (χ0n) is 21.6. The first-order valence-electron chi connectivity index (χ1n) is 13.7. The van der Waals surface area contributed by atoms with Crippen molar-refractivity contribution in [1.82, 2.24) is 0 Å². The third-order valence-corrected chi connectivity index (χ3v) is 11.4. The number of allylic oxidation sites excluding steroid dienone is 1. The lowest BCUT2D eigenvalue weighted by Crippen LogP contribution is -2.52. The van der Waals surface area contributed by atoms with E-state index in [0.717, 1.165) is 62.2 Å². The Morgan fingerprint density at radius 3 is 2.59 bits per heavy atom. The van der Waals surface area contributed by atoms with Crippen molar-refractivity contribution in [1.29, 1.82) is 0 Å². The van der Waals surface area contributed by atoms with Crippen LogP contribution in [0.5, 0.6) is 0 Å². The smallest absolute Gasteiger partial charge is 0.0679 e. The van der Waals surface area contributed by atoms with Gasteiger partial charge in [0.25, 0.3) is 0 Å². The van der Waals surface area contributed by atoms with Crippen LogP contribution in [-0.2, 0) is 0 Å². The molecule has 2 nitrogen and oxygen atoms in total. The van der Waals surface area contributed by atoms with Gasteiger partial charge in [0.15, 0.2) is 0 Å². The van der Waals surface area contributed by atoms with Crippen LogP contribution in [0.15, 0.2) is 24.3 Å². The summed E-state index contributed by atoms with van der Waals surface area (Å²) in [7, 11) is 0. The molecule has 3 saturated carbocycles. The van der Waals surface area contributed by atoms with Gasteiger partial charge in [-0.3, -0.25) is 0 Å². The molecule has 2 N–H and O–H groups in total. The highest BCUT2D eigenvalue weighted by Gasteiger charge is 2.59. The second-order valence-corrected chi connectivity index (χ2v) is 13.2. The Hall–Kier alpha value is -0.600. The van der Waals surface area contributed by atoms with Crippen molar-refractivity contribution in [2.24, 2.45) is 40.4 Å². The summed E-state index contributed by atoms with van der Waals surface area (Å²) in [5.41, 5.74) is 1.29. The Morgan fingerprint density at radius 2 is 1.91 bits per heavy atom. The average molecular weight is 443 g/mol. The zero-order valence-corrected chi connectivity index (χ0v) is 21.6. The number of hydrogen-bond acceptors (Lipinski definition) is 2. The van der Waals surface area contributed by atoms with Crippen LogP contribution in [0.1, 0.15) is 112 Å². The Balaban J connectivity index is 1.48. The number of aliphatic hydroxyl groups is 2. The van der Waals surface area contributed by atoms with E-state index >= 15 is 0 Å². The van der Waals surface area contributed by atoms with E-state index < -0.39 is 11.2 Å². The first-order valence-corrected chi connectivity index (χ1v) is 13.7. The summed E-state index contributed by atoms with van der Waals surface area (Å²) in [6, 6.07) is 0. The normalized spacial score (nSPS) is 46.3. The Bertz CT molecular complexity index is 737. The van der Waals surface area contributed by atoms with Crippen LogP contribution in [0.4, 0.5) is 0 Å². The summed E-state index contributed by atoms with van der Waals surface area (Å²) in [5, 5.41) is 21.6. The molecule has 0 aromatic carbocycles. The molecule has 3 fully saturated rings. The summed E-state index contributed by atoms with van der Waals surface area (Å²) in [6.45, 7) is 15.6. The summed E-state index contributed by atoms with van der Waals surface area (Å²) >= 11 is 0. The third kappa shape index (κ3) is 4.06. The number of rotatable bonds is 7. The lowest BCUT2D eigenvalue weighted by atomic mass is 9.46.